The first-order chi connectivity index (χ1) is 11.8. The van der Waals surface area contributed by atoms with Crippen molar-refractivity contribution in [3.63, 3.8) is 0 Å². The largest absolute Gasteiger partial charge is 0.465 e. The molecule has 1 N–H and O–H groups in total. The molecular weight excluding hydrogens is 298 g/mol. The van der Waals surface area contributed by atoms with E-state index in [9.17, 15) is 4.79 Å². The zero-order valence-electron chi connectivity index (χ0n) is 13.8. The van der Waals surface area contributed by atoms with E-state index in [-0.39, 0.29) is 5.97 Å². The molecule has 0 bridgehead atoms. The van der Waals surface area contributed by atoms with Gasteiger partial charge in [-0.25, -0.2) is 4.79 Å². The number of carbonyl (C=O) groups is 1. The van der Waals surface area contributed by atoms with Crippen LogP contribution in [0, 0.1) is 0 Å². The SMILES string of the molecule is COC(=O)c1cc(-c2ccccc2)cc2c(C3CCCC3)c[nH]c12. The number of hydrogen-bond acceptors (Lipinski definition) is 2. The van der Waals surface area contributed by atoms with Gasteiger partial charge in [-0.05, 0) is 47.6 Å². The quantitative estimate of drug-likeness (QED) is 0.667. The summed E-state index contributed by atoms with van der Waals surface area (Å²) < 4.78 is 5.01. The first-order valence-corrected chi connectivity index (χ1v) is 8.56. The molecule has 1 saturated carbocycles. The molecular formula is C21H21NO2. The lowest BCUT2D eigenvalue weighted by Gasteiger charge is -2.11. The van der Waals surface area contributed by atoms with E-state index < -0.39 is 0 Å². The molecule has 0 amide bonds. The second-order valence-corrected chi connectivity index (χ2v) is 6.53. The number of nitrogens with one attached hydrogen (secondary N) is 1. The summed E-state index contributed by atoms with van der Waals surface area (Å²) >= 11 is 0. The third-order valence-electron chi connectivity index (χ3n) is 5.13. The summed E-state index contributed by atoms with van der Waals surface area (Å²) in [5, 5.41) is 1.16. The van der Waals surface area contributed by atoms with Crippen LogP contribution in [0.3, 0.4) is 0 Å². The smallest absolute Gasteiger partial charge is 0.340 e. The average molecular weight is 319 g/mol. The molecule has 24 heavy (non-hydrogen) atoms. The molecule has 1 aliphatic rings. The number of aromatic amines is 1. The fraction of sp³-hybridized carbons (Fsp3) is 0.286. The minimum absolute atomic E-state index is 0.294. The van der Waals surface area contributed by atoms with Crippen LogP contribution in [-0.4, -0.2) is 18.1 Å². The van der Waals surface area contributed by atoms with E-state index >= 15 is 0 Å². The summed E-state index contributed by atoms with van der Waals surface area (Å²) in [6.07, 6.45) is 7.13. The normalized spacial score (nSPS) is 15.0. The van der Waals surface area contributed by atoms with Crippen molar-refractivity contribution in [2.24, 2.45) is 0 Å². The lowest BCUT2D eigenvalue weighted by Crippen LogP contribution is -2.03. The highest BCUT2D eigenvalue weighted by Crippen LogP contribution is 2.39. The Bertz CT molecular complexity index is 873. The Kier molecular flexibility index (Phi) is 3.85. The molecule has 2 aromatic carbocycles. The van der Waals surface area contributed by atoms with Crippen molar-refractivity contribution in [3.8, 4) is 11.1 Å². The Morgan fingerprint density at radius 1 is 1.08 bits per heavy atom. The molecule has 0 aliphatic heterocycles. The number of rotatable bonds is 3. The maximum atomic E-state index is 12.3. The molecule has 3 heteroatoms. The van der Waals surface area contributed by atoms with Gasteiger partial charge in [0.05, 0.1) is 18.2 Å². The summed E-state index contributed by atoms with van der Waals surface area (Å²) in [5.74, 6) is 0.299. The van der Waals surface area contributed by atoms with Crippen molar-refractivity contribution in [3.05, 3.63) is 59.8 Å². The zero-order chi connectivity index (χ0) is 16.5. The molecule has 3 nitrogen and oxygen atoms in total. The van der Waals surface area contributed by atoms with Gasteiger partial charge in [-0.2, -0.15) is 0 Å². The zero-order valence-corrected chi connectivity index (χ0v) is 13.8. The Labute approximate surface area is 141 Å². The molecule has 4 rings (SSSR count). The number of hydrogen-bond donors (Lipinski definition) is 1. The van der Waals surface area contributed by atoms with Gasteiger partial charge in [-0.1, -0.05) is 43.2 Å². The molecule has 0 spiro atoms. The lowest BCUT2D eigenvalue weighted by molar-refractivity contribution is 0.0603. The van der Waals surface area contributed by atoms with Gasteiger partial charge in [0.2, 0.25) is 0 Å². The molecule has 3 aromatic rings. The summed E-state index contributed by atoms with van der Waals surface area (Å²) in [6, 6.07) is 14.3. The molecule has 122 valence electrons. The monoisotopic (exact) mass is 319 g/mol. The summed E-state index contributed by atoms with van der Waals surface area (Å²) in [7, 11) is 1.43. The molecule has 0 atom stereocenters. The highest BCUT2D eigenvalue weighted by atomic mass is 16.5. The topological polar surface area (TPSA) is 42.1 Å². The van der Waals surface area contributed by atoms with Crippen molar-refractivity contribution in [1.29, 1.82) is 0 Å². The average Bonchev–Trinajstić information content (AvgIpc) is 3.30. The Morgan fingerprint density at radius 3 is 2.54 bits per heavy atom. The van der Waals surface area contributed by atoms with Crippen molar-refractivity contribution in [2.45, 2.75) is 31.6 Å². The summed E-state index contributed by atoms with van der Waals surface area (Å²) in [5.41, 5.74) is 5.01. The number of esters is 1. The Balaban J connectivity index is 1.94. The van der Waals surface area contributed by atoms with E-state index in [4.69, 9.17) is 4.74 Å². The van der Waals surface area contributed by atoms with E-state index in [1.165, 1.54) is 38.4 Å². The van der Waals surface area contributed by atoms with Crippen LogP contribution in [0.1, 0.15) is 47.5 Å². The number of fused-ring (bicyclic) bond motifs is 1. The first-order valence-electron chi connectivity index (χ1n) is 8.56. The molecule has 1 aromatic heterocycles. The second kappa shape index (κ2) is 6.16. The van der Waals surface area contributed by atoms with Gasteiger partial charge in [0.1, 0.15) is 0 Å². The number of benzene rings is 2. The van der Waals surface area contributed by atoms with Crippen LogP contribution in [0.4, 0.5) is 0 Å². The van der Waals surface area contributed by atoms with E-state index in [2.05, 4.69) is 29.4 Å². The molecule has 0 saturated heterocycles. The maximum absolute atomic E-state index is 12.3. The molecule has 1 fully saturated rings. The van der Waals surface area contributed by atoms with Crippen molar-refractivity contribution in [1.82, 2.24) is 4.98 Å². The van der Waals surface area contributed by atoms with Gasteiger partial charge >= 0.3 is 5.97 Å². The van der Waals surface area contributed by atoms with Crippen LogP contribution >= 0.6 is 0 Å². The lowest BCUT2D eigenvalue weighted by atomic mass is 9.93. The number of aromatic nitrogens is 1. The van der Waals surface area contributed by atoms with Crippen molar-refractivity contribution in [2.75, 3.05) is 7.11 Å². The number of carbonyl (C=O) groups excluding carboxylic acids is 1. The minimum atomic E-state index is -0.294. The highest BCUT2D eigenvalue weighted by Gasteiger charge is 2.23. The highest BCUT2D eigenvalue weighted by molar-refractivity contribution is 6.06. The van der Waals surface area contributed by atoms with Gasteiger partial charge in [0.15, 0.2) is 0 Å². The van der Waals surface area contributed by atoms with Crippen LogP contribution in [-0.2, 0) is 4.74 Å². The fourth-order valence-electron chi connectivity index (χ4n) is 3.90. The number of H-pyrrole nitrogens is 1. The van der Waals surface area contributed by atoms with E-state index in [1.807, 2.05) is 24.3 Å². The molecule has 1 heterocycles. The fourth-order valence-corrected chi connectivity index (χ4v) is 3.90. The third kappa shape index (κ3) is 2.50. The summed E-state index contributed by atoms with van der Waals surface area (Å²) in [6.45, 7) is 0. The van der Waals surface area contributed by atoms with Crippen LogP contribution in [0.15, 0.2) is 48.7 Å². The second-order valence-electron chi connectivity index (χ2n) is 6.53. The van der Waals surface area contributed by atoms with Gasteiger partial charge in [-0.3, -0.25) is 0 Å². The van der Waals surface area contributed by atoms with Crippen molar-refractivity contribution >= 4 is 16.9 Å². The van der Waals surface area contributed by atoms with Crippen LogP contribution < -0.4 is 0 Å². The van der Waals surface area contributed by atoms with Crippen LogP contribution in [0.25, 0.3) is 22.0 Å². The van der Waals surface area contributed by atoms with E-state index in [1.54, 1.807) is 0 Å². The van der Waals surface area contributed by atoms with E-state index in [0.717, 1.165) is 22.0 Å². The standard InChI is InChI=1S/C21H21NO2/c1-24-21(23)18-12-16(14-7-3-2-4-8-14)11-17-19(13-22-20(17)18)15-9-5-6-10-15/h2-4,7-8,11-13,15,22H,5-6,9-10H2,1H3. The number of methoxy groups -OCH3 is 1. The molecule has 1 aliphatic carbocycles. The number of ether oxygens (including phenoxy) is 1. The Hall–Kier alpha value is -2.55. The Morgan fingerprint density at radius 2 is 1.83 bits per heavy atom. The molecule has 0 unspecified atom stereocenters. The van der Waals surface area contributed by atoms with Crippen molar-refractivity contribution < 1.29 is 9.53 Å². The predicted octanol–water partition coefficient (Wildman–Crippen LogP) is 5.28. The predicted molar refractivity (Wildman–Crippen MR) is 96.3 cm³/mol. The summed E-state index contributed by atoms with van der Waals surface area (Å²) in [4.78, 5) is 15.6. The van der Waals surface area contributed by atoms with E-state index in [0.29, 0.717) is 11.5 Å². The maximum Gasteiger partial charge on any atom is 0.340 e. The third-order valence-corrected chi connectivity index (χ3v) is 5.13. The van der Waals surface area contributed by atoms with Gasteiger partial charge in [0, 0.05) is 11.6 Å². The van der Waals surface area contributed by atoms with Gasteiger partial charge in [-0.15, -0.1) is 0 Å². The molecule has 0 radical (unpaired) electrons. The minimum Gasteiger partial charge on any atom is -0.465 e. The van der Waals surface area contributed by atoms with Crippen LogP contribution in [0.2, 0.25) is 0 Å². The van der Waals surface area contributed by atoms with Gasteiger partial charge < -0.3 is 9.72 Å². The van der Waals surface area contributed by atoms with Crippen LogP contribution in [0.5, 0.6) is 0 Å². The first kappa shape index (κ1) is 15.0. The van der Waals surface area contributed by atoms with Gasteiger partial charge in [0.25, 0.3) is 0 Å².